The van der Waals surface area contributed by atoms with Crippen LogP contribution in [0.25, 0.3) is 10.6 Å². The van der Waals surface area contributed by atoms with Crippen LogP contribution in [-0.4, -0.2) is 11.0 Å². The van der Waals surface area contributed by atoms with Gasteiger partial charge in [-0.1, -0.05) is 11.6 Å². The van der Waals surface area contributed by atoms with Crippen LogP contribution in [0, 0.1) is 12.7 Å². The van der Waals surface area contributed by atoms with Crippen LogP contribution < -0.4 is 5.32 Å². The maximum Gasteiger partial charge on any atom is 0.133 e. The lowest BCUT2D eigenvalue weighted by atomic mass is 10.1. The van der Waals surface area contributed by atoms with E-state index in [1.54, 1.807) is 17.4 Å². The highest BCUT2D eigenvalue weighted by atomic mass is 32.1. The first kappa shape index (κ1) is 13.4. The third kappa shape index (κ3) is 2.87. The lowest BCUT2D eigenvalue weighted by Crippen LogP contribution is -2.15. The van der Waals surface area contributed by atoms with Crippen molar-refractivity contribution in [3.8, 4) is 10.6 Å². The molecule has 0 bridgehead atoms. The molecule has 2 fully saturated rings. The summed E-state index contributed by atoms with van der Waals surface area (Å²) in [6.07, 6.45) is 5.04. The molecule has 0 amide bonds. The highest BCUT2D eigenvalue weighted by Gasteiger charge is 2.31. The molecule has 21 heavy (non-hydrogen) atoms. The van der Waals surface area contributed by atoms with Gasteiger partial charge >= 0.3 is 0 Å². The standard InChI is InChI=1S/C17H19FN2S/c1-10-2-7-14(18)13(8-10)17-20-16(11-3-4-11)15(21-17)9-19-12-5-6-12/h2,7-8,11-12,19H,3-6,9H2,1H3. The molecule has 0 saturated heterocycles. The van der Waals surface area contributed by atoms with Gasteiger partial charge in [-0.3, -0.25) is 0 Å². The number of aryl methyl sites for hydroxylation is 1. The first-order chi connectivity index (χ1) is 10.2. The van der Waals surface area contributed by atoms with Gasteiger partial charge in [0.1, 0.15) is 10.8 Å². The predicted molar refractivity (Wildman–Crippen MR) is 84.1 cm³/mol. The van der Waals surface area contributed by atoms with Gasteiger partial charge in [0, 0.05) is 28.9 Å². The minimum atomic E-state index is -0.168. The van der Waals surface area contributed by atoms with Crippen molar-refractivity contribution in [1.29, 1.82) is 0 Å². The minimum absolute atomic E-state index is 0.168. The van der Waals surface area contributed by atoms with Gasteiger partial charge in [-0.05, 0) is 44.7 Å². The molecule has 0 aliphatic heterocycles. The normalized spacial score (nSPS) is 18.2. The summed E-state index contributed by atoms with van der Waals surface area (Å²) in [7, 11) is 0. The topological polar surface area (TPSA) is 24.9 Å². The first-order valence-corrected chi connectivity index (χ1v) is 8.52. The minimum Gasteiger partial charge on any atom is -0.309 e. The number of nitrogens with zero attached hydrogens (tertiary/aromatic N) is 1. The fraction of sp³-hybridized carbons (Fsp3) is 0.471. The molecule has 110 valence electrons. The second-order valence-corrected chi connectivity index (χ2v) is 7.32. The molecule has 1 aromatic heterocycles. The van der Waals surface area contributed by atoms with E-state index < -0.39 is 0 Å². The van der Waals surface area contributed by atoms with Crippen LogP contribution in [0.15, 0.2) is 18.2 Å². The van der Waals surface area contributed by atoms with Crippen molar-refractivity contribution >= 4 is 11.3 Å². The quantitative estimate of drug-likeness (QED) is 0.886. The maximum atomic E-state index is 14.1. The maximum absolute atomic E-state index is 14.1. The van der Waals surface area contributed by atoms with Crippen LogP contribution in [0.4, 0.5) is 4.39 Å². The fourth-order valence-corrected chi connectivity index (χ4v) is 3.72. The van der Waals surface area contributed by atoms with Gasteiger partial charge in [-0.15, -0.1) is 11.3 Å². The Morgan fingerprint density at radius 3 is 2.81 bits per heavy atom. The summed E-state index contributed by atoms with van der Waals surface area (Å²) in [5.74, 6) is 0.442. The van der Waals surface area contributed by atoms with Gasteiger partial charge in [-0.25, -0.2) is 9.37 Å². The summed E-state index contributed by atoms with van der Waals surface area (Å²) >= 11 is 1.66. The van der Waals surface area contributed by atoms with E-state index in [2.05, 4.69) is 5.32 Å². The molecule has 2 aliphatic rings. The summed E-state index contributed by atoms with van der Waals surface area (Å²) in [6, 6.07) is 5.95. The van der Waals surface area contributed by atoms with E-state index in [0.29, 0.717) is 17.5 Å². The third-order valence-electron chi connectivity index (χ3n) is 4.17. The van der Waals surface area contributed by atoms with Crippen molar-refractivity contribution in [2.45, 2.75) is 51.1 Å². The van der Waals surface area contributed by atoms with E-state index in [0.717, 1.165) is 17.1 Å². The molecule has 0 spiro atoms. The molecule has 2 aromatic rings. The number of hydrogen-bond donors (Lipinski definition) is 1. The number of hydrogen-bond acceptors (Lipinski definition) is 3. The zero-order chi connectivity index (χ0) is 14.4. The van der Waals surface area contributed by atoms with Crippen LogP contribution in [0.3, 0.4) is 0 Å². The summed E-state index contributed by atoms with van der Waals surface area (Å²) in [5, 5.41) is 4.40. The molecule has 2 nitrogen and oxygen atoms in total. The van der Waals surface area contributed by atoms with Crippen LogP contribution in [0.5, 0.6) is 0 Å². The molecule has 1 heterocycles. The average Bonchev–Trinajstić information content (AvgIpc) is 3.38. The van der Waals surface area contributed by atoms with E-state index in [4.69, 9.17) is 4.98 Å². The lowest BCUT2D eigenvalue weighted by Gasteiger charge is -2.01. The van der Waals surface area contributed by atoms with E-state index >= 15 is 0 Å². The number of nitrogens with one attached hydrogen (secondary N) is 1. The molecule has 1 aromatic carbocycles. The number of benzene rings is 1. The Morgan fingerprint density at radius 1 is 1.29 bits per heavy atom. The van der Waals surface area contributed by atoms with Crippen molar-refractivity contribution in [2.24, 2.45) is 0 Å². The Bertz CT molecular complexity index is 671. The third-order valence-corrected chi connectivity index (χ3v) is 5.28. The van der Waals surface area contributed by atoms with Crippen molar-refractivity contribution in [2.75, 3.05) is 0 Å². The first-order valence-electron chi connectivity index (χ1n) is 7.70. The van der Waals surface area contributed by atoms with Crippen LogP contribution in [0.2, 0.25) is 0 Å². The summed E-state index contributed by atoms with van der Waals surface area (Å²) in [4.78, 5) is 6.09. The van der Waals surface area contributed by atoms with Crippen molar-refractivity contribution in [3.63, 3.8) is 0 Å². The molecule has 0 radical (unpaired) electrons. The zero-order valence-corrected chi connectivity index (χ0v) is 13.0. The molecule has 1 N–H and O–H groups in total. The molecular weight excluding hydrogens is 283 g/mol. The SMILES string of the molecule is Cc1ccc(F)c(-c2nc(C3CC3)c(CNC3CC3)s2)c1. The Morgan fingerprint density at radius 2 is 2.10 bits per heavy atom. The van der Waals surface area contributed by atoms with Crippen molar-refractivity contribution in [3.05, 3.63) is 40.2 Å². The highest BCUT2D eigenvalue weighted by molar-refractivity contribution is 7.15. The van der Waals surface area contributed by atoms with Gasteiger partial charge in [0.2, 0.25) is 0 Å². The highest BCUT2D eigenvalue weighted by Crippen LogP contribution is 2.44. The van der Waals surface area contributed by atoms with Gasteiger partial charge in [0.15, 0.2) is 0 Å². The summed E-state index contributed by atoms with van der Waals surface area (Å²) < 4.78 is 14.1. The molecule has 0 unspecified atom stereocenters. The van der Waals surface area contributed by atoms with Crippen LogP contribution in [-0.2, 0) is 6.54 Å². The van der Waals surface area contributed by atoms with E-state index in [-0.39, 0.29) is 5.82 Å². The van der Waals surface area contributed by atoms with E-state index in [1.807, 2.05) is 19.1 Å². The summed E-state index contributed by atoms with van der Waals surface area (Å²) in [5.41, 5.74) is 2.94. The Balaban J connectivity index is 1.67. The van der Waals surface area contributed by atoms with E-state index in [1.165, 1.54) is 36.3 Å². The molecular formula is C17H19FN2S. The Kier molecular flexibility index (Phi) is 3.31. The number of rotatable bonds is 5. The molecule has 2 saturated carbocycles. The monoisotopic (exact) mass is 302 g/mol. The predicted octanol–water partition coefficient (Wildman–Crippen LogP) is 4.39. The number of aromatic nitrogens is 1. The number of thiazole rings is 1. The van der Waals surface area contributed by atoms with Gasteiger partial charge in [-0.2, -0.15) is 0 Å². The fourth-order valence-electron chi connectivity index (χ4n) is 2.61. The second kappa shape index (κ2) is 5.18. The van der Waals surface area contributed by atoms with Gasteiger partial charge in [0.25, 0.3) is 0 Å². The second-order valence-electron chi connectivity index (χ2n) is 6.24. The average molecular weight is 302 g/mol. The largest absolute Gasteiger partial charge is 0.309 e. The van der Waals surface area contributed by atoms with E-state index in [9.17, 15) is 4.39 Å². The lowest BCUT2D eigenvalue weighted by molar-refractivity contribution is 0.630. The van der Waals surface area contributed by atoms with Gasteiger partial charge < -0.3 is 5.32 Å². The Hall–Kier alpha value is -1.26. The molecule has 0 atom stereocenters. The smallest absolute Gasteiger partial charge is 0.133 e. The molecule has 2 aliphatic carbocycles. The molecule has 4 heteroatoms. The van der Waals surface area contributed by atoms with Gasteiger partial charge in [0.05, 0.1) is 5.69 Å². The summed E-state index contributed by atoms with van der Waals surface area (Å²) in [6.45, 7) is 2.88. The Labute approximate surface area is 128 Å². The van der Waals surface area contributed by atoms with Crippen LogP contribution >= 0.6 is 11.3 Å². The van der Waals surface area contributed by atoms with Crippen LogP contribution in [0.1, 0.15) is 47.7 Å². The van der Waals surface area contributed by atoms with Crippen molar-refractivity contribution in [1.82, 2.24) is 10.3 Å². The zero-order valence-electron chi connectivity index (χ0n) is 12.2. The number of halogens is 1. The van der Waals surface area contributed by atoms with Crippen molar-refractivity contribution < 1.29 is 4.39 Å². The molecule has 4 rings (SSSR count).